The summed E-state index contributed by atoms with van der Waals surface area (Å²) in [4.78, 5) is 25.5. The molecule has 0 saturated heterocycles. The summed E-state index contributed by atoms with van der Waals surface area (Å²) in [6, 6.07) is 0. The van der Waals surface area contributed by atoms with E-state index in [9.17, 15) is 9.59 Å². The largest absolute Gasteiger partial charge is 0.461 e. The minimum Gasteiger partial charge on any atom is -0.461 e. The van der Waals surface area contributed by atoms with Gasteiger partial charge in [-0.05, 0) is 6.92 Å². The summed E-state index contributed by atoms with van der Waals surface area (Å²) in [6.45, 7) is 3.08. The number of halogens is 1. The molecule has 110 valence electrons. The standard InChI is InChI=1S/C13H18ClN3O3/c1-3-20-13(19)12-9-8-17(11(18)4-6-14)7-5-10(9)16(2)15-12/h3-8H2,1-2H3. The quantitative estimate of drug-likeness (QED) is 0.617. The molecule has 20 heavy (non-hydrogen) atoms. The van der Waals surface area contributed by atoms with Gasteiger partial charge < -0.3 is 9.64 Å². The predicted molar refractivity (Wildman–Crippen MR) is 73.6 cm³/mol. The Hall–Kier alpha value is -1.56. The molecule has 1 aromatic heterocycles. The van der Waals surface area contributed by atoms with Gasteiger partial charge in [0.1, 0.15) is 0 Å². The van der Waals surface area contributed by atoms with Crippen molar-refractivity contribution in [3.05, 3.63) is 17.0 Å². The van der Waals surface area contributed by atoms with Crippen LogP contribution in [0.2, 0.25) is 0 Å². The highest BCUT2D eigenvalue weighted by Crippen LogP contribution is 2.23. The molecule has 0 radical (unpaired) electrons. The van der Waals surface area contributed by atoms with Crippen LogP contribution in [0.25, 0.3) is 0 Å². The lowest BCUT2D eigenvalue weighted by Gasteiger charge is -2.27. The van der Waals surface area contributed by atoms with Gasteiger partial charge in [-0.2, -0.15) is 5.10 Å². The number of aryl methyl sites for hydroxylation is 1. The van der Waals surface area contributed by atoms with Gasteiger partial charge in [-0.15, -0.1) is 11.6 Å². The van der Waals surface area contributed by atoms with Crippen LogP contribution in [-0.4, -0.2) is 45.6 Å². The number of alkyl halides is 1. The van der Waals surface area contributed by atoms with Crippen LogP contribution in [0.15, 0.2) is 0 Å². The molecule has 1 aromatic rings. The van der Waals surface area contributed by atoms with Crippen molar-refractivity contribution < 1.29 is 14.3 Å². The van der Waals surface area contributed by atoms with Gasteiger partial charge in [-0.25, -0.2) is 4.79 Å². The van der Waals surface area contributed by atoms with Gasteiger partial charge >= 0.3 is 5.97 Å². The number of hydrogen-bond acceptors (Lipinski definition) is 4. The number of ether oxygens (including phenoxy) is 1. The molecular weight excluding hydrogens is 282 g/mol. The Morgan fingerprint density at radius 2 is 2.20 bits per heavy atom. The SMILES string of the molecule is CCOC(=O)c1nn(C)c2c1CN(C(=O)CCCl)CC2. The van der Waals surface area contributed by atoms with Gasteiger partial charge in [0.05, 0.1) is 6.61 Å². The van der Waals surface area contributed by atoms with Crippen LogP contribution in [0.4, 0.5) is 0 Å². The lowest BCUT2D eigenvalue weighted by Crippen LogP contribution is -2.36. The minimum atomic E-state index is -0.434. The van der Waals surface area contributed by atoms with E-state index in [0.717, 1.165) is 11.3 Å². The minimum absolute atomic E-state index is 0.00399. The van der Waals surface area contributed by atoms with Gasteiger partial charge in [0.15, 0.2) is 5.69 Å². The van der Waals surface area contributed by atoms with Crippen molar-refractivity contribution in [3.63, 3.8) is 0 Å². The van der Waals surface area contributed by atoms with Crippen molar-refractivity contribution in [2.24, 2.45) is 7.05 Å². The third kappa shape index (κ3) is 2.80. The van der Waals surface area contributed by atoms with Crippen molar-refractivity contribution >= 4 is 23.5 Å². The first-order chi connectivity index (χ1) is 9.58. The molecule has 1 aliphatic rings. The molecule has 7 heteroatoms. The third-order valence-corrected chi connectivity index (χ3v) is 3.56. The number of carbonyl (C=O) groups is 2. The van der Waals surface area contributed by atoms with E-state index in [-0.39, 0.29) is 5.91 Å². The molecule has 0 aliphatic carbocycles. The van der Waals surface area contributed by atoms with Crippen LogP contribution in [-0.2, 0) is 29.5 Å². The zero-order chi connectivity index (χ0) is 14.7. The van der Waals surface area contributed by atoms with E-state index < -0.39 is 5.97 Å². The molecule has 0 spiro atoms. The third-order valence-electron chi connectivity index (χ3n) is 3.37. The second kappa shape index (κ2) is 6.26. The van der Waals surface area contributed by atoms with Crippen molar-refractivity contribution in [1.29, 1.82) is 0 Å². The fraction of sp³-hybridized carbons (Fsp3) is 0.615. The summed E-state index contributed by atoms with van der Waals surface area (Å²) in [7, 11) is 1.80. The number of hydrogen-bond donors (Lipinski definition) is 0. The molecular formula is C13H18ClN3O3. The molecule has 2 heterocycles. The predicted octanol–water partition coefficient (Wildman–Crippen LogP) is 1.11. The van der Waals surface area contributed by atoms with Crippen LogP contribution in [0.5, 0.6) is 0 Å². The average molecular weight is 300 g/mol. The molecule has 1 aliphatic heterocycles. The molecule has 0 atom stereocenters. The lowest BCUT2D eigenvalue weighted by molar-refractivity contribution is -0.131. The number of esters is 1. The summed E-state index contributed by atoms with van der Waals surface area (Å²) in [5, 5.41) is 4.23. The number of nitrogens with zero attached hydrogens (tertiary/aromatic N) is 3. The monoisotopic (exact) mass is 299 g/mol. The summed E-state index contributed by atoms with van der Waals surface area (Å²) >= 11 is 5.60. The van der Waals surface area contributed by atoms with E-state index in [1.807, 2.05) is 0 Å². The number of fused-ring (bicyclic) bond motifs is 1. The molecule has 0 saturated carbocycles. The first-order valence-electron chi connectivity index (χ1n) is 6.64. The maximum absolute atomic E-state index is 11.9. The van der Waals surface area contributed by atoms with E-state index in [0.29, 0.717) is 44.1 Å². The summed E-state index contributed by atoms with van der Waals surface area (Å²) in [5.41, 5.74) is 2.09. The van der Waals surface area contributed by atoms with Gasteiger partial charge in [-0.3, -0.25) is 9.48 Å². The number of rotatable bonds is 4. The van der Waals surface area contributed by atoms with Crippen molar-refractivity contribution in [3.8, 4) is 0 Å². The van der Waals surface area contributed by atoms with Gasteiger partial charge in [0, 0.05) is 50.1 Å². The molecule has 1 amide bonds. The number of amides is 1. The van der Waals surface area contributed by atoms with Crippen molar-refractivity contribution in [2.45, 2.75) is 26.3 Å². The normalized spacial score (nSPS) is 14.1. The van der Waals surface area contributed by atoms with E-state index in [4.69, 9.17) is 16.3 Å². The first kappa shape index (κ1) is 14.8. The first-order valence-corrected chi connectivity index (χ1v) is 7.17. The topological polar surface area (TPSA) is 64.4 Å². The zero-order valence-electron chi connectivity index (χ0n) is 11.7. The Balaban J connectivity index is 2.25. The Morgan fingerprint density at radius 3 is 2.85 bits per heavy atom. The fourth-order valence-electron chi connectivity index (χ4n) is 2.41. The maximum atomic E-state index is 11.9. The molecule has 0 bridgehead atoms. The van der Waals surface area contributed by atoms with Crippen LogP contribution in [0.3, 0.4) is 0 Å². The smallest absolute Gasteiger partial charge is 0.359 e. The Bertz CT molecular complexity index is 527. The van der Waals surface area contributed by atoms with Crippen molar-refractivity contribution in [1.82, 2.24) is 14.7 Å². The van der Waals surface area contributed by atoms with Gasteiger partial charge in [0.25, 0.3) is 0 Å². The highest BCUT2D eigenvalue weighted by Gasteiger charge is 2.29. The fourth-order valence-corrected chi connectivity index (χ4v) is 2.57. The highest BCUT2D eigenvalue weighted by molar-refractivity contribution is 6.18. The summed E-state index contributed by atoms with van der Waals surface area (Å²) in [6.07, 6.45) is 0.998. The second-order valence-electron chi connectivity index (χ2n) is 4.62. The van der Waals surface area contributed by atoms with E-state index in [1.54, 1.807) is 23.6 Å². The van der Waals surface area contributed by atoms with Crippen molar-refractivity contribution in [2.75, 3.05) is 19.0 Å². The lowest BCUT2D eigenvalue weighted by atomic mass is 10.0. The van der Waals surface area contributed by atoms with Crippen LogP contribution in [0.1, 0.15) is 35.1 Å². The number of aromatic nitrogens is 2. The second-order valence-corrected chi connectivity index (χ2v) is 5.00. The Morgan fingerprint density at radius 1 is 1.45 bits per heavy atom. The average Bonchev–Trinajstić information content (AvgIpc) is 2.76. The summed E-state index contributed by atoms with van der Waals surface area (Å²) < 4.78 is 6.71. The van der Waals surface area contributed by atoms with E-state index in [2.05, 4.69) is 5.10 Å². The number of carbonyl (C=O) groups excluding carboxylic acids is 2. The van der Waals surface area contributed by atoms with Crippen LogP contribution >= 0.6 is 11.6 Å². The van der Waals surface area contributed by atoms with Crippen LogP contribution in [0, 0.1) is 0 Å². The Kier molecular flexibility index (Phi) is 4.65. The molecule has 0 N–H and O–H groups in total. The van der Waals surface area contributed by atoms with Gasteiger partial charge in [0.2, 0.25) is 5.91 Å². The molecule has 0 aromatic carbocycles. The maximum Gasteiger partial charge on any atom is 0.359 e. The highest BCUT2D eigenvalue weighted by atomic mass is 35.5. The molecule has 6 nitrogen and oxygen atoms in total. The van der Waals surface area contributed by atoms with E-state index in [1.165, 1.54) is 0 Å². The van der Waals surface area contributed by atoms with E-state index >= 15 is 0 Å². The van der Waals surface area contributed by atoms with Gasteiger partial charge in [-0.1, -0.05) is 0 Å². The molecule has 0 fully saturated rings. The van der Waals surface area contributed by atoms with Crippen LogP contribution < -0.4 is 0 Å². The summed E-state index contributed by atoms with van der Waals surface area (Å²) in [5.74, 6) is -0.125. The molecule has 2 rings (SSSR count). The zero-order valence-corrected chi connectivity index (χ0v) is 12.4. The Labute approximate surface area is 122 Å². The molecule has 0 unspecified atom stereocenters.